The summed E-state index contributed by atoms with van der Waals surface area (Å²) in [4.78, 5) is 0. The first-order valence-corrected chi connectivity index (χ1v) is 27.5. The highest BCUT2D eigenvalue weighted by molar-refractivity contribution is 5.18. The van der Waals surface area contributed by atoms with Gasteiger partial charge in [-0.2, -0.15) is 0 Å². The van der Waals surface area contributed by atoms with Gasteiger partial charge in [-0.1, -0.05) is 76.3 Å². The number of fused-ring (bicyclic) bond motifs is 11. The summed E-state index contributed by atoms with van der Waals surface area (Å²) in [5, 5.41) is 35.7. The minimum atomic E-state index is -1.01. The van der Waals surface area contributed by atoms with Crippen LogP contribution in [0.15, 0.2) is 48.6 Å². The summed E-state index contributed by atoms with van der Waals surface area (Å²) in [7, 11) is 0. The predicted molar refractivity (Wildman–Crippen MR) is 252 cm³/mol. The fourth-order valence-corrected chi connectivity index (χ4v) is 15.2. The van der Waals surface area contributed by atoms with Crippen LogP contribution in [0.5, 0.6) is 0 Å². The first-order chi connectivity index (χ1) is 34.3. The van der Waals surface area contributed by atoms with Gasteiger partial charge < -0.3 is 76.9 Å². The Morgan fingerprint density at radius 3 is 1.93 bits per heavy atom. The van der Waals surface area contributed by atoms with E-state index in [2.05, 4.69) is 58.1 Å². The van der Waals surface area contributed by atoms with Crippen molar-refractivity contribution in [1.29, 1.82) is 0 Å². The molecule has 0 amide bonds. The van der Waals surface area contributed by atoms with Crippen LogP contribution in [0.25, 0.3) is 0 Å². The van der Waals surface area contributed by atoms with Crippen LogP contribution < -0.4 is 0 Å². The number of hydrogen-bond donors (Lipinski definition) is 3. The molecule has 0 saturated carbocycles. The average molecular weight is 995 g/mol. The zero-order chi connectivity index (χ0) is 48.5. The highest BCUT2D eigenvalue weighted by Gasteiger charge is 2.62. The summed E-state index contributed by atoms with van der Waals surface area (Å²) in [6.45, 7) is 11.8. The van der Waals surface area contributed by atoms with Crippen LogP contribution in [0.1, 0.15) is 98.8 Å². The standard InChI is InChI=1S/C55H78O16/c1-26-20-37-39(23-43-49(68-37)28(3)47(57)53-50(69-43)27(2)29(4)55(71-53)17-9-19-60-55)65-41-25-46-54(5,70-42(41)21-26)45(56)24-40-31(66-46)12-8-11-30-32(63-40)13-14-34-33(61-30)15-16-35-38(62-34)22-44-52(67-35)48(58)51-36(64-44)10-6-7-18-59-51/h6-8,12-16,26-53,56-58H,9-11,17-25H2,1-5H3/t26-,27+,28+,29+,30-,31-,32+,33+,34-,35-,36+,37+,38+,39-,40-,41+,42-,43+,44-,45-,46-,47+,48-,49-,50-,51+,52-,53+,54+,55?/m1/s1. The molecule has 0 radical (unpaired) electrons. The molecule has 3 N–H and O–H groups in total. The molecule has 16 heteroatoms. The van der Waals surface area contributed by atoms with E-state index in [1.54, 1.807) is 0 Å². The van der Waals surface area contributed by atoms with Crippen molar-refractivity contribution in [1.82, 2.24) is 0 Å². The Hall–Kier alpha value is -1.68. The molecule has 9 saturated heterocycles. The first kappa shape index (κ1) is 48.9. The van der Waals surface area contributed by atoms with E-state index in [1.807, 2.05) is 25.2 Å². The smallest absolute Gasteiger partial charge is 0.171 e. The lowest BCUT2D eigenvalue weighted by atomic mass is 9.76. The third-order valence-corrected chi connectivity index (χ3v) is 19.5. The van der Waals surface area contributed by atoms with Crippen LogP contribution in [0.4, 0.5) is 0 Å². The van der Waals surface area contributed by atoms with E-state index in [1.165, 1.54) is 0 Å². The van der Waals surface area contributed by atoms with Gasteiger partial charge in [-0.05, 0) is 50.9 Å². The lowest BCUT2D eigenvalue weighted by Gasteiger charge is -2.53. The molecule has 394 valence electrons. The van der Waals surface area contributed by atoms with Gasteiger partial charge in [-0.15, -0.1) is 0 Å². The molecule has 1 spiro atoms. The van der Waals surface area contributed by atoms with E-state index in [9.17, 15) is 15.3 Å². The SMILES string of the molecule is C[C@@H]1C[C@@H]2O[C@@H]3[C@@H](C)[C@H](O)[C@@H]4OC5(CCCO5)[C@@H](C)[C@H](C)[C@H]4O[C@H]3C[C@H]2O[C@H]2C[C@H]3O[C@@H]4C=CC[C@H]5O[C@H]6C=C[C@H]7O[C@H]8[C@H](O)[C@H]9OCC=CC[C@@H]9O[C@@H]8C[C@@H]7O[C@@H]6C=C[C@@H]5O[C@@H]4C[C@@H](O)[C@]3(C)O[C@@H]2C1. The molecule has 0 aliphatic carbocycles. The van der Waals surface area contributed by atoms with Crippen molar-refractivity contribution in [2.45, 2.75) is 257 Å². The summed E-state index contributed by atoms with van der Waals surface area (Å²) in [6, 6.07) is 0. The van der Waals surface area contributed by atoms with E-state index < -0.39 is 84.6 Å². The Morgan fingerprint density at radius 2 is 1.11 bits per heavy atom. The van der Waals surface area contributed by atoms with Gasteiger partial charge in [-0.25, -0.2) is 0 Å². The van der Waals surface area contributed by atoms with Gasteiger partial charge in [-0.3, -0.25) is 0 Å². The van der Waals surface area contributed by atoms with Gasteiger partial charge in [0.05, 0.1) is 105 Å². The number of hydrogen-bond acceptors (Lipinski definition) is 16. The van der Waals surface area contributed by atoms with Crippen LogP contribution in [-0.2, 0) is 61.6 Å². The van der Waals surface area contributed by atoms with Crippen molar-refractivity contribution < 1.29 is 76.9 Å². The largest absolute Gasteiger partial charge is 0.390 e. The van der Waals surface area contributed by atoms with Crippen LogP contribution in [0.2, 0.25) is 0 Å². The minimum absolute atomic E-state index is 0.102. The zero-order valence-electron chi connectivity index (χ0n) is 41.9. The number of rotatable bonds is 0. The Bertz CT molecular complexity index is 2040. The number of aliphatic hydroxyl groups excluding tert-OH is 3. The van der Waals surface area contributed by atoms with Crippen LogP contribution in [-0.4, -0.2) is 186 Å². The van der Waals surface area contributed by atoms with E-state index in [0.29, 0.717) is 51.7 Å². The monoisotopic (exact) mass is 995 g/mol. The molecule has 13 aliphatic heterocycles. The van der Waals surface area contributed by atoms with Crippen molar-refractivity contribution in [3.05, 3.63) is 48.6 Å². The number of ether oxygens (including phenoxy) is 13. The van der Waals surface area contributed by atoms with Crippen LogP contribution in [0, 0.1) is 23.7 Å². The quantitative estimate of drug-likeness (QED) is 0.292. The third-order valence-electron chi connectivity index (χ3n) is 19.5. The molecular formula is C55H78O16. The molecule has 13 rings (SSSR count). The van der Waals surface area contributed by atoms with Crippen molar-refractivity contribution in [2.24, 2.45) is 23.7 Å². The second-order valence-electron chi connectivity index (χ2n) is 23.9. The fourth-order valence-electron chi connectivity index (χ4n) is 15.2. The second kappa shape index (κ2) is 19.1. The molecule has 13 heterocycles. The lowest BCUT2D eigenvalue weighted by molar-refractivity contribution is -0.339. The van der Waals surface area contributed by atoms with Gasteiger partial charge in [0.25, 0.3) is 0 Å². The van der Waals surface area contributed by atoms with E-state index in [0.717, 1.165) is 25.7 Å². The molecule has 0 aromatic carbocycles. The van der Waals surface area contributed by atoms with Gasteiger partial charge in [0, 0.05) is 43.9 Å². The Balaban J connectivity index is 0.695. The Kier molecular flexibility index (Phi) is 13.2. The molecule has 0 aromatic rings. The zero-order valence-corrected chi connectivity index (χ0v) is 41.9. The van der Waals surface area contributed by atoms with E-state index in [-0.39, 0.29) is 96.9 Å². The van der Waals surface area contributed by atoms with Gasteiger partial charge in [0.15, 0.2) is 5.79 Å². The van der Waals surface area contributed by atoms with Crippen molar-refractivity contribution in [3.8, 4) is 0 Å². The Labute approximate surface area is 417 Å². The normalized spacial score (nSPS) is 58.6. The molecule has 30 atom stereocenters. The third kappa shape index (κ3) is 8.56. The maximum atomic E-state index is 12.3. The molecule has 13 aliphatic rings. The molecular weight excluding hydrogens is 917 g/mol. The topological polar surface area (TPSA) is 181 Å². The lowest BCUT2D eigenvalue weighted by Crippen LogP contribution is -2.63. The second-order valence-corrected chi connectivity index (χ2v) is 23.9. The van der Waals surface area contributed by atoms with Gasteiger partial charge >= 0.3 is 0 Å². The van der Waals surface area contributed by atoms with Gasteiger partial charge in [0.1, 0.15) is 60.5 Å². The highest BCUT2D eigenvalue weighted by atomic mass is 16.7. The molecule has 1 unspecified atom stereocenters. The van der Waals surface area contributed by atoms with Crippen molar-refractivity contribution in [2.75, 3.05) is 13.2 Å². The maximum absolute atomic E-state index is 12.3. The molecule has 16 nitrogen and oxygen atoms in total. The first-order valence-electron chi connectivity index (χ1n) is 27.5. The molecule has 71 heavy (non-hydrogen) atoms. The van der Waals surface area contributed by atoms with Crippen molar-refractivity contribution >= 4 is 0 Å². The van der Waals surface area contributed by atoms with E-state index in [4.69, 9.17) is 61.6 Å². The van der Waals surface area contributed by atoms with E-state index >= 15 is 0 Å². The highest BCUT2D eigenvalue weighted by Crippen LogP contribution is 2.52. The summed E-state index contributed by atoms with van der Waals surface area (Å²) in [5.74, 6) is -0.462. The Morgan fingerprint density at radius 1 is 0.465 bits per heavy atom. The fraction of sp³-hybridized carbons (Fsp3) is 0.855. The molecule has 0 bridgehead atoms. The van der Waals surface area contributed by atoms with Crippen molar-refractivity contribution in [3.63, 3.8) is 0 Å². The summed E-state index contributed by atoms with van der Waals surface area (Å²) in [5.41, 5.74) is -1.01. The number of aliphatic hydroxyl groups is 3. The van der Waals surface area contributed by atoms with Crippen LogP contribution >= 0.6 is 0 Å². The average Bonchev–Trinajstić information content (AvgIpc) is 3.41. The van der Waals surface area contributed by atoms with Gasteiger partial charge in [0.2, 0.25) is 0 Å². The predicted octanol–water partition coefficient (Wildman–Crippen LogP) is 4.33. The van der Waals surface area contributed by atoms with Crippen LogP contribution in [0.3, 0.4) is 0 Å². The molecule has 0 aromatic heterocycles. The molecule has 9 fully saturated rings. The summed E-state index contributed by atoms with van der Waals surface area (Å²) >= 11 is 0. The summed E-state index contributed by atoms with van der Waals surface area (Å²) in [6.07, 6.45) is 12.9. The summed E-state index contributed by atoms with van der Waals surface area (Å²) < 4.78 is 88.4. The maximum Gasteiger partial charge on any atom is 0.171 e. The minimum Gasteiger partial charge on any atom is -0.390 e.